The third kappa shape index (κ3) is 3.93. The molecule has 1 aliphatic heterocycles. The fourth-order valence-electron chi connectivity index (χ4n) is 3.02. The SMILES string of the molecule is O=C(NC1CCCCCC1C(=O)O)C1CCCOC1. The molecule has 2 aliphatic rings. The van der Waals surface area contributed by atoms with Crippen LogP contribution in [0.25, 0.3) is 0 Å². The van der Waals surface area contributed by atoms with E-state index in [1.54, 1.807) is 0 Å². The molecular formula is C14H23NO4. The quantitative estimate of drug-likeness (QED) is 0.762. The molecule has 19 heavy (non-hydrogen) atoms. The number of carboxylic acids is 1. The number of aliphatic carboxylic acids is 1. The summed E-state index contributed by atoms with van der Waals surface area (Å²) in [6.07, 6.45) is 6.19. The number of nitrogens with one attached hydrogen (secondary N) is 1. The zero-order chi connectivity index (χ0) is 13.7. The van der Waals surface area contributed by atoms with Crippen molar-refractivity contribution >= 4 is 11.9 Å². The van der Waals surface area contributed by atoms with Gasteiger partial charge in [0.05, 0.1) is 18.4 Å². The van der Waals surface area contributed by atoms with Crippen molar-refractivity contribution in [1.82, 2.24) is 5.32 Å². The normalized spacial score (nSPS) is 32.3. The maximum absolute atomic E-state index is 12.2. The second kappa shape index (κ2) is 6.89. The molecular weight excluding hydrogens is 246 g/mol. The molecule has 2 fully saturated rings. The summed E-state index contributed by atoms with van der Waals surface area (Å²) < 4.78 is 5.31. The highest BCUT2D eigenvalue weighted by Crippen LogP contribution is 2.24. The highest BCUT2D eigenvalue weighted by Gasteiger charge is 2.32. The minimum atomic E-state index is -0.785. The highest BCUT2D eigenvalue weighted by atomic mass is 16.5. The Morgan fingerprint density at radius 1 is 1.05 bits per heavy atom. The molecule has 1 amide bonds. The lowest BCUT2D eigenvalue weighted by molar-refractivity contribution is -0.143. The summed E-state index contributed by atoms with van der Waals surface area (Å²) in [4.78, 5) is 23.5. The third-order valence-electron chi connectivity index (χ3n) is 4.19. The Hall–Kier alpha value is -1.10. The van der Waals surface area contributed by atoms with E-state index < -0.39 is 11.9 Å². The van der Waals surface area contributed by atoms with Gasteiger partial charge in [0, 0.05) is 12.6 Å². The first kappa shape index (κ1) is 14.3. The number of carboxylic acid groups (broad SMARTS) is 1. The zero-order valence-corrected chi connectivity index (χ0v) is 11.3. The molecule has 5 heteroatoms. The Morgan fingerprint density at radius 3 is 2.53 bits per heavy atom. The van der Waals surface area contributed by atoms with Crippen LogP contribution in [-0.4, -0.2) is 36.2 Å². The van der Waals surface area contributed by atoms with E-state index in [1.165, 1.54) is 0 Å². The molecule has 5 nitrogen and oxygen atoms in total. The van der Waals surface area contributed by atoms with Crippen LogP contribution in [0.4, 0.5) is 0 Å². The van der Waals surface area contributed by atoms with Crippen LogP contribution in [0.1, 0.15) is 44.9 Å². The molecule has 0 radical (unpaired) electrons. The van der Waals surface area contributed by atoms with Crippen molar-refractivity contribution in [3.05, 3.63) is 0 Å². The van der Waals surface area contributed by atoms with Crippen molar-refractivity contribution in [3.8, 4) is 0 Å². The summed E-state index contributed by atoms with van der Waals surface area (Å²) in [6.45, 7) is 1.20. The lowest BCUT2D eigenvalue weighted by Gasteiger charge is -2.27. The minimum absolute atomic E-state index is 0.0298. The highest BCUT2D eigenvalue weighted by molar-refractivity contribution is 5.80. The molecule has 3 atom stereocenters. The van der Waals surface area contributed by atoms with Gasteiger partial charge in [-0.1, -0.05) is 19.3 Å². The lowest BCUT2D eigenvalue weighted by atomic mass is 9.93. The Balaban J connectivity index is 1.93. The van der Waals surface area contributed by atoms with Gasteiger partial charge < -0.3 is 15.2 Å². The summed E-state index contributed by atoms with van der Waals surface area (Å²) in [5.74, 6) is -1.35. The van der Waals surface area contributed by atoms with Gasteiger partial charge in [-0.2, -0.15) is 0 Å². The predicted octanol–water partition coefficient (Wildman–Crippen LogP) is 1.56. The molecule has 0 spiro atoms. The van der Waals surface area contributed by atoms with Gasteiger partial charge in [-0.25, -0.2) is 0 Å². The average molecular weight is 269 g/mol. The molecule has 108 valence electrons. The number of amides is 1. The van der Waals surface area contributed by atoms with Crippen molar-refractivity contribution in [2.45, 2.75) is 51.0 Å². The summed E-state index contributed by atoms with van der Waals surface area (Å²) in [7, 11) is 0. The summed E-state index contributed by atoms with van der Waals surface area (Å²) in [6, 6.07) is -0.213. The first-order chi connectivity index (χ1) is 9.18. The minimum Gasteiger partial charge on any atom is -0.481 e. The number of hydrogen-bond donors (Lipinski definition) is 2. The molecule has 1 heterocycles. The average Bonchev–Trinajstić information content (AvgIpc) is 2.65. The third-order valence-corrected chi connectivity index (χ3v) is 4.19. The van der Waals surface area contributed by atoms with E-state index in [4.69, 9.17) is 4.74 Å². The van der Waals surface area contributed by atoms with Crippen LogP contribution in [0.2, 0.25) is 0 Å². The van der Waals surface area contributed by atoms with Crippen LogP contribution < -0.4 is 5.32 Å². The maximum Gasteiger partial charge on any atom is 0.308 e. The van der Waals surface area contributed by atoms with Gasteiger partial charge in [0.1, 0.15) is 0 Å². The first-order valence-electron chi connectivity index (χ1n) is 7.29. The predicted molar refractivity (Wildman–Crippen MR) is 69.7 cm³/mol. The van der Waals surface area contributed by atoms with Gasteiger partial charge in [0.25, 0.3) is 0 Å². The molecule has 2 rings (SSSR count). The van der Waals surface area contributed by atoms with Crippen LogP contribution in [0, 0.1) is 11.8 Å². The molecule has 1 aliphatic carbocycles. The fourth-order valence-corrected chi connectivity index (χ4v) is 3.02. The molecule has 0 aromatic rings. The van der Waals surface area contributed by atoms with Crippen molar-refractivity contribution in [2.24, 2.45) is 11.8 Å². The summed E-state index contributed by atoms with van der Waals surface area (Å²) in [5.41, 5.74) is 0. The second-order valence-electron chi connectivity index (χ2n) is 5.61. The van der Waals surface area contributed by atoms with E-state index in [0.717, 1.165) is 45.1 Å². The van der Waals surface area contributed by atoms with Gasteiger partial charge in [0.15, 0.2) is 0 Å². The van der Waals surface area contributed by atoms with Crippen LogP contribution in [0.15, 0.2) is 0 Å². The van der Waals surface area contributed by atoms with E-state index in [1.807, 2.05) is 0 Å². The van der Waals surface area contributed by atoms with E-state index in [-0.39, 0.29) is 17.9 Å². The zero-order valence-electron chi connectivity index (χ0n) is 11.3. The standard InChI is InChI=1S/C14H23NO4/c16-13(10-5-4-8-19-9-10)15-12-7-3-1-2-6-11(12)14(17)18/h10-12H,1-9H2,(H,15,16)(H,17,18). The number of hydrogen-bond acceptors (Lipinski definition) is 3. The fraction of sp³-hybridized carbons (Fsp3) is 0.857. The molecule has 1 saturated heterocycles. The molecule has 0 bridgehead atoms. The smallest absolute Gasteiger partial charge is 0.308 e. The van der Waals surface area contributed by atoms with Crippen molar-refractivity contribution in [1.29, 1.82) is 0 Å². The number of ether oxygens (including phenoxy) is 1. The van der Waals surface area contributed by atoms with Crippen LogP contribution in [-0.2, 0) is 14.3 Å². The van der Waals surface area contributed by atoms with Crippen molar-refractivity contribution in [3.63, 3.8) is 0 Å². The van der Waals surface area contributed by atoms with E-state index in [9.17, 15) is 14.7 Å². The molecule has 0 aromatic carbocycles. The Kier molecular flexibility index (Phi) is 5.19. The van der Waals surface area contributed by atoms with Crippen molar-refractivity contribution in [2.75, 3.05) is 13.2 Å². The van der Waals surface area contributed by atoms with Crippen molar-refractivity contribution < 1.29 is 19.4 Å². The Bertz CT molecular complexity index is 325. The lowest BCUT2D eigenvalue weighted by Crippen LogP contribution is -2.46. The van der Waals surface area contributed by atoms with Gasteiger partial charge >= 0.3 is 5.97 Å². The summed E-state index contributed by atoms with van der Waals surface area (Å²) >= 11 is 0. The molecule has 3 unspecified atom stereocenters. The van der Waals surface area contributed by atoms with E-state index in [0.29, 0.717) is 13.0 Å². The number of carbonyl (C=O) groups is 2. The van der Waals surface area contributed by atoms with Crippen LogP contribution in [0.5, 0.6) is 0 Å². The van der Waals surface area contributed by atoms with Gasteiger partial charge in [-0.05, 0) is 25.7 Å². The maximum atomic E-state index is 12.2. The van der Waals surface area contributed by atoms with Crippen LogP contribution >= 0.6 is 0 Å². The van der Waals surface area contributed by atoms with Gasteiger partial charge in [-0.15, -0.1) is 0 Å². The Labute approximate surface area is 113 Å². The summed E-state index contributed by atoms with van der Waals surface area (Å²) in [5, 5.41) is 12.2. The molecule has 0 aromatic heterocycles. The van der Waals surface area contributed by atoms with E-state index in [2.05, 4.69) is 5.32 Å². The van der Waals surface area contributed by atoms with Crippen LogP contribution in [0.3, 0.4) is 0 Å². The second-order valence-corrected chi connectivity index (χ2v) is 5.61. The van der Waals surface area contributed by atoms with Gasteiger partial charge in [0.2, 0.25) is 5.91 Å². The number of rotatable bonds is 3. The molecule has 1 saturated carbocycles. The topological polar surface area (TPSA) is 75.6 Å². The largest absolute Gasteiger partial charge is 0.481 e. The Morgan fingerprint density at radius 2 is 1.84 bits per heavy atom. The van der Waals surface area contributed by atoms with Gasteiger partial charge in [-0.3, -0.25) is 9.59 Å². The number of carbonyl (C=O) groups excluding carboxylic acids is 1. The van der Waals surface area contributed by atoms with E-state index >= 15 is 0 Å². The molecule has 2 N–H and O–H groups in total. The first-order valence-corrected chi connectivity index (χ1v) is 7.29. The monoisotopic (exact) mass is 269 g/mol.